The predicted molar refractivity (Wildman–Crippen MR) is 143 cm³/mol. The van der Waals surface area contributed by atoms with Crippen molar-refractivity contribution in [3.05, 3.63) is 36.4 Å². The number of likely N-dealkylation sites (N-methyl/N-ethyl adjacent to an activating group) is 1. The first-order valence-corrected chi connectivity index (χ1v) is 13.5. The standard InChI is InChI=1S/C27H36N8O/c1-32-14-16-33(17-15-32)22-10-5-4-9-21(22)30-27(36)20-8-7-12-34(18-20)25-24-26(29-19-28-25)35-13-6-2-3-11-23(35)31-24/h4-5,9-10,19-20H,2-3,6-8,11-18H2,1H3,(H,30,36)/t20-/m0/s1. The number of carbonyl (C=O) groups excluding carboxylic acids is 1. The van der Waals surface area contributed by atoms with Crippen molar-refractivity contribution < 1.29 is 4.79 Å². The number of benzene rings is 1. The molecule has 3 aliphatic rings. The first kappa shape index (κ1) is 23.2. The minimum Gasteiger partial charge on any atom is -0.367 e. The number of nitrogens with zero attached hydrogens (tertiary/aromatic N) is 7. The lowest BCUT2D eigenvalue weighted by Gasteiger charge is -2.36. The molecule has 0 bridgehead atoms. The number of carbonyl (C=O) groups is 1. The Morgan fingerprint density at radius 1 is 0.944 bits per heavy atom. The third-order valence-corrected chi connectivity index (χ3v) is 7.97. The molecule has 190 valence electrons. The number of piperazine rings is 1. The fourth-order valence-electron chi connectivity index (χ4n) is 5.88. The molecular weight excluding hydrogens is 452 g/mol. The third kappa shape index (κ3) is 4.52. The lowest BCUT2D eigenvalue weighted by atomic mass is 9.97. The average molecular weight is 489 g/mol. The second kappa shape index (κ2) is 10.0. The number of anilines is 3. The van der Waals surface area contributed by atoms with E-state index in [0.29, 0.717) is 6.54 Å². The molecule has 9 heteroatoms. The van der Waals surface area contributed by atoms with Gasteiger partial charge >= 0.3 is 0 Å². The van der Waals surface area contributed by atoms with Crippen LogP contribution < -0.4 is 15.1 Å². The Balaban J connectivity index is 1.20. The second-order valence-corrected chi connectivity index (χ2v) is 10.4. The molecule has 1 N–H and O–H groups in total. The largest absolute Gasteiger partial charge is 0.367 e. The van der Waals surface area contributed by atoms with Crippen molar-refractivity contribution in [3.63, 3.8) is 0 Å². The number of nitrogens with one attached hydrogen (secondary N) is 1. The van der Waals surface area contributed by atoms with Crippen LogP contribution >= 0.6 is 0 Å². The molecule has 0 aliphatic carbocycles. The SMILES string of the molecule is CN1CCN(c2ccccc2NC(=O)[C@H]2CCCN(c3ncnc4c3nc3n4CCCCC3)C2)CC1. The van der Waals surface area contributed by atoms with Gasteiger partial charge in [0.1, 0.15) is 12.2 Å². The normalized spacial score (nSPS) is 21.3. The Hall–Kier alpha value is -3.20. The van der Waals surface area contributed by atoms with E-state index in [1.54, 1.807) is 6.33 Å². The third-order valence-electron chi connectivity index (χ3n) is 7.97. The summed E-state index contributed by atoms with van der Waals surface area (Å²) in [7, 11) is 2.16. The van der Waals surface area contributed by atoms with Crippen LogP contribution in [0.25, 0.3) is 11.2 Å². The monoisotopic (exact) mass is 488 g/mol. The average Bonchev–Trinajstić information content (AvgIpc) is 3.10. The van der Waals surface area contributed by atoms with Crippen LogP contribution in [0.4, 0.5) is 17.2 Å². The van der Waals surface area contributed by atoms with E-state index in [2.05, 4.69) is 53.7 Å². The van der Waals surface area contributed by atoms with Gasteiger partial charge < -0.3 is 24.6 Å². The number of rotatable bonds is 4. The van der Waals surface area contributed by atoms with Crippen LogP contribution in [0, 0.1) is 5.92 Å². The molecule has 3 aliphatic heterocycles. The lowest BCUT2D eigenvalue weighted by Crippen LogP contribution is -2.45. The van der Waals surface area contributed by atoms with Gasteiger partial charge in [-0.2, -0.15) is 0 Å². The number of para-hydroxylation sites is 2. The van der Waals surface area contributed by atoms with Gasteiger partial charge in [0.15, 0.2) is 17.0 Å². The smallest absolute Gasteiger partial charge is 0.229 e. The number of hydrogen-bond acceptors (Lipinski definition) is 7. The van der Waals surface area contributed by atoms with E-state index >= 15 is 0 Å². The Morgan fingerprint density at radius 2 is 1.81 bits per heavy atom. The molecule has 6 rings (SSSR count). The molecule has 2 fully saturated rings. The molecule has 0 spiro atoms. The molecule has 0 saturated carbocycles. The molecule has 0 radical (unpaired) electrons. The van der Waals surface area contributed by atoms with Crippen LogP contribution in [0.2, 0.25) is 0 Å². The summed E-state index contributed by atoms with van der Waals surface area (Å²) in [6.45, 7) is 6.51. The molecule has 5 heterocycles. The van der Waals surface area contributed by atoms with E-state index in [1.807, 2.05) is 12.1 Å². The summed E-state index contributed by atoms with van der Waals surface area (Å²) in [5, 5.41) is 3.27. The minimum atomic E-state index is -0.0928. The van der Waals surface area contributed by atoms with Gasteiger partial charge in [-0.25, -0.2) is 15.0 Å². The number of aryl methyl sites for hydroxylation is 2. The summed E-state index contributed by atoms with van der Waals surface area (Å²) in [5.41, 5.74) is 3.84. The summed E-state index contributed by atoms with van der Waals surface area (Å²) in [6, 6.07) is 8.20. The molecule has 9 nitrogen and oxygen atoms in total. The van der Waals surface area contributed by atoms with E-state index in [1.165, 1.54) is 19.3 Å². The van der Waals surface area contributed by atoms with Gasteiger partial charge in [-0.3, -0.25) is 4.79 Å². The van der Waals surface area contributed by atoms with Crippen LogP contribution in [-0.4, -0.2) is 76.6 Å². The molecular formula is C27H36N8O. The Labute approximate surface area is 212 Å². The highest BCUT2D eigenvalue weighted by atomic mass is 16.1. The van der Waals surface area contributed by atoms with E-state index in [9.17, 15) is 4.79 Å². The zero-order chi connectivity index (χ0) is 24.5. The van der Waals surface area contributed by atoms with Gasteiger partial charge in [0.25, 0.3) is 0 Å². The second-order valence-electron chi connectivity index (χ2n) is 10.4. The molecule has 1 atom stereocenters. The summed E-state index contributed by atoms with van der Waals surface area (Å²) < 4.78 is 2.27. The molecule has 36 heavy (non-hydrogen) atoms. The van der Waals surface area contributed by atoms with Crippen molar-refractivity contribution in [1.29, 1.82) is 0 Å². The van der Waals surface area contributed by atoms with Crippen molar-refractivity contribution in [2.45, 2.75) is 45.1 Å². The Bertz CT molecular complexity index is 1230. The summed E-state index contributed by atoms with van der Waals surface area (Å²) >= 11 is 0. The van der Waals surface area contributed by atoms with Crippen LogP contribution in [0.3, 0.4) is 0 Å². The van der Waals surface area contributed by atoms with E-state index in [4.69, 9.17) is 4.98 Å². The van der Waals surface area contributed by atoms with Crippen LogP contribution in [-0.2, 0) is 17.8 Å². The van der Waals surface area contributed by atoms with Gasteiger partial charge in [-0.1, -0.05) is 18.6 Å². The van der Waals surface area contributed by atoms with Gasteiger partial charge in [0.05, 0.1) is 17.3 Å². The molecule has 1 aromatic carbocycles. The van der Waals surface area contributed by atoms with E-state index < -0.39 is 0 Å². The maximum absolute atomic E-state index is 13.5. The Morgan fingerprint density at radius 3 is 2.69 bits per heavy atom. The number of imidazole rings is 1. The van der Waals surface area contributed by atoms with Gasteiger partial charge in [0, 0.05) is 52.2 Å². The van der Waals surface area contributed by atoms with Gasteiger partial charge in [-0.05, 0) is 44.9 Å². The summed E-state index contributed by atoms with van der Waals surface area (Å²) in [5.74, 6) is 1.99. The summed E-state index contributed by atoms with van der Waals surface area (Å²) in [4.78, 5) is 34.7. The first-order valence-electron chi connectivity index (χ1n) is 13.5. The van der Waals surface area contributed by atoms with Crippen molar-refractivity contribution in [3.8, 4) is 0 Å². The fourth-order valence-corrected chi connectivity index (χ4v) is 5.88. The highest BCUT2D eigenvalue weighted by Gasteiger charge is 2.30. The topological polar surface area (TPSA) is 82.4 Å². The zero-order valence-corrected chi connectivity index (χ0v) is 21.2. The minimum absolute atomic E-state index is 0.0900. The highest BCUT2D eigenvalue weighted by molar-refractivity contribution is 5.96. The van der Waals surface area contributed by atoms with Crippen LogP contribution in [0.5, 0.6) is 0 Å². The number of hydrogen-bond donors (Lipinski definition) is 1. The highest BCUT2D eigenvalue weighted by Crippen LogP contribution is 2.31. The van der Waals surface area contributed by atoms with E-state index in [0.717, 1.165) is 92.7 Å². The number of fused-ring (bicyclic) bond motifs is 3. The maximum atomic E-state index is 13.5. The van der Waals surface area contributed by atoms with E-state index in [-0.39, 0.29) is 11.8 Å². The summed E-state index contributed by atoms with van der Waals surface area (Å²) in [6.07, 6.45) is 8.07. The quantitative estimate of drug-likeness (QED) is 0.604. The van der Waals surface area contributed by atoms with Crippen LogP contribution in [0.15, 0.2) is 30.6 Å². The number of amides is 1. The molecule has 3 aromatic rings. The lowest BCUT2D eigenvalue weighted by molar-refractivity contribution is -0.120. The van der Waals surface area contributed by atoms with Crippen molar-refractivity contribution in [2.24, 2.45) is 5.92 Å². The number of piperidine rings is 1. The predicted octanol–water partition coefficient (Wildman–Crippen LogP) is 3.16. The van der Waals surface area contributed by atoms with Gasteiger partial charge in [-0.15, -0.1) is 0 Å². The van der Waals surface area contributed by atoms with Gasteiger partial charge in [0.2, 0.25) is 5.91 Å². The molecule has 2 saturated heterocycles. The molecule has 0 unspecified atom stereocenters. The van der Waals surface area contributed by atoms with Crippen molar-refractivity contribution >= 4 is 34.3 Å². The molecule has 2 aromatic heterocycles. The molecule has 1 amide bonds. The number of aromatic nitrogens is 4. The van der Waals surface area contributed by atoms with Crippen LogP contribution in [0.1, 0.15) is 37.9 Å². The van der Waals surface area contributed by atoms with Crippen molar-refractivity contribution in [1.82, 2.24) is 24.4 Å². The maximum Gasteiger partial charge on any atom is 0.229 e. The Kier molecular flexibility index (Phi) is 6.48. The zero-order valence-electron chi connectivity index (χ0n) is 21.2. The first-order chi connectivity index (χ1) is 17.7. The van der Waals surface area contributed by atoms with Crippen molar-refractivity contribution in [2.75, 3.05) is 61.4 Å². The fraction of sp³-hybridized carbons (Fsp3) is 0.556.